The summed E-state index contributed by atoms with van der Waals surface area (Å²) in [6.45, 7) is 1.11. The van der Waals surface area contributed by atoms with Crippen molar-refractivity contribution in [3.8, 4) is 11.8 Å². The van der Waals surface area contributed by atoms with E-state index in [-0.39, 0.29) is 5.56 Å². The molecule has 0 saturated carbocycles. The molecule has 3 aromatic rings. The van der Waals surface area contributed by atoms with E-state index in [1.807, 2.05) is 30.3 Å². The van der Waals surface area contributed by atoms with Crippen LogP contribution in [0.2, 0.25) is 0 Å². The van der Waals surface area contributed by atoms with E-state index in [2.05, 4.69) is 11.1 Å². The first-order valence-electron chi connectivity index (χ1n) is 7.86. The Balaban J connectivity index is 1.55. The van der Waals surface area contributed by atoms with Crippen LogP contribution in [-0.2, 0) is 6.54 Å². The van der Waals surface area contributed by atoms with Crippen molar-refractivity contribution in [2.45, 2.75) is 19.4 Å². The van der Waals surface area contributed by atoms with E-state index in [9.17, 15) is 4.79 Å². The molecule has 0 aliphatic heterocycles. The highest BCUT2D eigenvalue weighted by Crippen LogP contribution is 2.16. The summed E-state index contributed by atoms with van der Waals surface area (Å²) in [5, 5.41) is 9.65. The third-order valence-corrected chi connectivity index (χ3v) is 3.79. The van der Waals surface area contributed by atoms with Crippen molar-refractivity contribution in [2.24, 2.45) is 0 Å². The van der Waals surface area contributed by atoms with Crippen molar-refractivity contribution in [1.29, 1.82) is 5.26 Å². The Morgan fingerprint density at radius 1 is 1.08 bits per heavy atom. The molecule has 0 atom stereocenters. The van der Waals surface area contributed by atoms with E-state index < -0.39 is 0 Å². The summed E-state index contributed by atoms with van der Waals surface area (Å²) in [6.07, 6.45) is 3.18. The fourth-order valence-electron chi connectivity index (χ4n) is 2.52. The van der Waals surface area contributed by atoms with Gasteiger partial charge in [0.15, 0.2) is 0 Å². The van der Waals surface area contributed by atoms with Gasteiger partial charge in [0, 0.05) is 6.54 Å². The number of fused-ring (bicyclic) bond motifs is 1. The third-order valence-electron chi connectivity index (χ3n) is 3.79. The molecule has 0 fully saturated rings. The summed E-state index contributed by atoms with van der Waals surface area (Å²) >= 11 is 0. The van der Waals surface area contributed by atoms with Gasteiger partial charge in [0.1, 0.15) is 11.8 Å². The van der Waals surface area contributed by atoms with Crippen LogP contribution in [0.25, 0.3) is 10.9 Å². The van der Waals surface area contributed by atoms with Gasteiger partial charge >= 0.3 is 0 Å². The molecule has 120 valence electrons. The van der Waals surface area contributed by atoms with E-state index in [4.69, 9.17) is 10.00 Å². The topological polar surface area (TPSA) is 67.9 Å². The van der Waals surface area contributed by atoms with Crippen LogP contribution in [0.5, 0.6) is 5.75 Å². The number of para-hydroxylation sites is 2. The van der Waals surface area contributed by atoms with Crippen LogP contribution in [0.4, 0.5) is 0 Å². The van der Waals surface area contributed by atoms with Crippen molar-refractivity contribution < 1.29 is 4.74 Å². The summed E-state index contributed by atoms with van der Waals surface area (Å²) in [5.74, 6) is 0.601. The van der Waals surface area contributed by atoms with E-state index in [1.165, 1.54) is 0 Å². The van der Waals surface area contributed by atoms with Crippen LogP contribution < -0.4 is 10.3 Å². The Hall–Kier alpha value is -3.13. The number of aryl methyl sites for hydroxylation is 1. The number of hydrogen-bond acceptors (Lipinski definition) is 4. The molecular formula is C19H17N3O2. The zero-order valence-electron chi connectivity index (χ0n) is 13.2. The first-order chi connectivity index (χ1) is 11.8. The van der Waals surface area contributed by atoms with E-state index in [1.54, 1.807) is 29.1 Å². The van der Waals surface area contributed by atoms with Crippen LogP contribution in [-0.4, -0.2) is 16.2 Å². The lowest BCUT2D eigenvalue weighted by Gasteiger charge is -2.09. The zero-order valence-corrected chi connectivity index (χ0v) is 13.2. The van der Waals surface area contributed by atoms with Gasteiger partial charge in [0.25, 0.3) is 5.56 Å². The maximum Gasteiger partial charge on any atom is 0.261 e. The van der Waals surface area contributed by atoms with Crippen LogP contribution in [0.15, 0.2) is 59.7 Å². The predicted octanol–water partition coefficient (Wildman–Crippen LogP) is 3.13. The fraction of sp³-hybridized carbons (Fsp3) is 0.211. The molecular weight excluding hydrogens is 302 g/mol. The van der Waals surface area contributed by atoms with Gasteiger partial charge < -0.3 is 4.74 Å². The molecule has 0 bridgehead atoms. The van der Waals surface area contributed by atoms with Crippen LogP contribution in [0, 0.1) is 11.3 Å². The molecule has 0 aliphatic rings. The fourth-order valence-corrected chi connectivity index (χ4v) is 2.52. The molecule has 0 N–H and O–H groups in total. The second-order valence-electron chi connectivity index (χ2n) is 5.42. The molecule has 0 radical (unpaired) electrons. The number of ether oxygens (including phenoxy) is 1. The Kier molecular flexibility index (Phi) is 4.87. The van der Waals surface area contributed by atoms with Gasteiger partial charge in [-0.25, -0.2) is 4.98 Å². The highest BCUT2D eigenvalue weighted by molar-refractivity contribution is 5.76. The normalized spacial score (nSPS) is 10.5. The first kappa shape index (κ1) is 15.8. The van der Waals surface area contributed by atoms with Gasteiger partial charge in [0.05, 0.1) is 29.4 Å². The van der Waals surface area contributed by atoms with Gasteiger partial charge in [-0.3, -0.25) is 9.36 Å². The third kappa shape index (κ3) is 3.44. The largest absolute Gasteiger partial charge is 0.492 e. The van der Waals surface area contributed by atoms with Gasteiger partial charge in [-0.1, -0.05) is 24.3 Å². The van der Waals surface area contributed by atoms with Crippen molar-refractivity contribution >= 4 is 10.9 Å². The minimum Gasteiger partial charge on any atom is -0.492 e. The maximum atomic E-state index is 12.4. The zero-order chi connectivity index (χ0) is 16.8. The smallest absolute Gasteiger partial charge is 0.261 e. The molecule has 5 nitrogen and oxygen atoms in total. The molecule has 2 aromatic carbocycles. The van der Waals surface area contributed by atoms with E-state index in [0.29, 0.717) is 29.9 Å². The molecule has 0 amide bonds. The number of nitrogens with zero attached hydrogens (tertiary/aromatic N) is 3. The molecule has 3 rings (SSSR count). The Bertz CT molecular complexity index is 941. The average Bonchev–Trinajstić information content (AvgIpc) is 2.63. The summed E-state index contributed by atoms with van der Waals surface area (Å²) in [4.78, 5) is 16.7. The van der Waals surface area contributed by atoms with E-state index in [0.717, 1.165) is 18.4 Å². The Labute approximate surface area is 139 Å². The van der Waals surface area contributed by atoms with Crippen molar-refractivity contribution in [3.05, 3.63) is 70.8 Å². The predicted molar refractivity (Wildman–Crippen MR) is 91.9 cm³/mol. The average molecular weight is 319 g/mol. The van der Waals surface area contributed by atoms with Gasteiger partial charge in [0.2, 0.25) is 0 Å². The summed E-state index contributed by atoms with van der Waals surface area (Å²) in [6, 6.07) is 16.6. The molecule has 1 heterocycles. The molecule has 1 aromatic heterocycles. The number of unbranched alkanes of at least 4 members (excludes halogenated alkanes) is 1. The number of benzene rings is 2. The van der Waals surface area contributed by atoms with Crippen LogP contribution in [0.3, 0.4) is 0 Å². The Morgan fingerprint density at radius 2 is 1.88 bits per heavy atom. The summed E-state index contributed by atoms with van der Waals surface area (Å²) in [7, 11) is 0. The SMILES string of the molecule is N#Cc1ccccc1OCCCCn1cnc2ccccc2c1=O. The number of nitriles is 1. The summed E-state index contributed by atoms with van der Waals surface area (Å²) < 4.78 is 7.27. The monoisotopic (exact) mass is 319 g/mol. The number of hydrogen-bond donors (Lipinski definition) is 0. The van der Waals surface area contributed by atoms with Crippen LogP contribution >= 0.6 is 0 Å². The lowest BCUT2D eigenvalue weighted by molar-refractivity contribution is 0.302. The molecule has 0 aliphatic carbocycles. The molecule has 0 unspecified atom stereocenters. The highest BCUT2D eigenvalue weighted by Gasteiger charge is 2.04. The first-order valence-corrected chi connectivity index (χ1v) is 7.86. The van der Waals surface area contributed by atoms with Gasteiger partial charge in [-0.15, -0.1) is 0 Å². The maximum absolute atomic E-state index is 12.4. The second-order valence-corrected chi connectivity index (χ2v) is 5.42. The van der Waals surface area contributed by atoms with Crippen molar-refractivity contribution in [1.82, 2.24) is 9.55 Å². The van der Waals surface area contributed by atoms with Crippen molar-refractivity contribution in [3.63, 3.8) is 0 Å². The Morgan fingerprint density at radius 3 is 2.75 bits per heavy atom. The quantitative estimate of drug-likeness (QED) is 0.655. The highest BCUT2D eigenvalue weighted by atomic mass is 16.5. The molecule has 0 spiro atoms. The molecule has 24 heavy (non-hydrogen) atoms. The van der Waals surface area contributed by atoms with E-state index >= 15 is 0 Å². The second kappa shape index (κ2) is 7.42. The molecule has 5 heteroatoms. The minimum atomic E-state index is -0.0173. The van der Waals surface area contributed by atoms with Gasteiger partial charge in [-0.2, -0.15) is 5.26 Å². The summed E-state index contributed by atoms with van der Waals surface area (Å²) in [5.41, 5.74) is 1.24. The standard InChI is InChI=1S/C19H17N3O2/c20-13-15-7-1-4-10-18(15)24-12-6-5-11-22-14-21-17-9-3-2-8-16(17)19(22)23/h1-4,7-10,14H,5-6,11-12H2. The lowest BCUT2D eigenvalue weighted by atomic mass is 10.2. The number of aromatic nitrogens is 2. The van der Waals surface area contributed by atoms with Crippen molar-refractivity contribution in [2.75, 3.05) is 6.61 Å². The number of rotatable bonds is 6. The van der Waals surface area contributed by atoms with Gasteiger partial charge in [-0.05, 0) is 37.1 Å². The molecule has 0 saturated heterocycles. The minimum absolute atomic E-state index is 0.0173. The lowest BCUT2D eigenvalue weighted by Crippen LogP contribution is -2.20. The van der Waals surface area contributed by atoms with Crippen LogP contribution in [0.1, 0.15) is 18.4 Å².